The third kappa shape index (κ3) is 3.21. The minimum absolute atomic E-state index is 0.323. The van der Waals surface area contributed by atoms with Crippen LogP contribution >= 0.6 is 11.8 Å². The van der Waals surface area contributed by atoms with Gasteiger partial charge < -0.3 is 10.6 Å². The monoisotopic (exact) mass is 367 g/mol. The Kier molecular flexibility index (Phi) is 4.69. The number of rotatable bonds is 4. The summed E-state index contributed by atoms with van der Waals surface area (Å²) in [5.41, 5.74) is 2.63. The summed E-state index contributed by atoms with van der Waals surface area (Å²) in [5, 5.41) is 7.79. The number of carbonyl (C=O) groups is 1. The molecule has 1 amide bonds. The number of nitrogens with one attached hydrogen (secondary N) is 2. The summed E-state index contributed by atoms with van der Waals surface area (Å²) in [4.78, 5) is 21.3. The standard InChI is InChI=1S/C19H18ClN5O/c20-25(14-6-10-21-11-7-14)19(26)16-3-4-17(24-13-5-9-22-12-13)15-2-1-8-23-18(15)16/h1-4,6-8,10-11,13,22,24H,5,9,12H2/t13-/m0/s1. The summed E-state index contributed by atoms with van der Waals surface area (Å²) in [7, 11) is 0. The van der Waals surface area contributed by atoms with E-state index in [0.29, 0.717) is 22.8 Å². The zero-order valence-corrected chi connectivity index (χ0v) is 14.8. The highest BCUT2D eigenvalue weighted by Gasteiger charge is 2.21. The van der Waals surface area contributed by atoms with Gasteiger partial charge in [-0.25, -0.2) is 4.42 Å². The van der Waals surface area contributed by atoms with Crippen LogP contribution in [-0.4, -0.2) is 35.0 Å². The van der Waals surface area contributed by atoms with Crippen LogP contribution in [0.3, 0.4) is 0 Å². The smallest absolute Gasteiger partial charge is 0.275 e. The number of amides is 1. The summed E-state index contributed by atoms with van der Waals surface area (Å²) in [5.74, 6) is -0.323. The molecule has 3 heterocycles. The van der Waals surface area contributed by atoms with Gasteiger partial charge in [-0.15, -0.1) is 0 Å². The highest BCUT2D eigenvalue weighted by atomic mass is 35.5. The molecule has 1 aliphatic rings. The van der Waals surface area contributed by atoms with Crippen molar-refractivity contribution < 1.29 is 4.79 Å². The van der Waals surface area contributed by atoms with Crippen LogP contribution in [-0.2, 0) is 0 Å². The first-order valence-corrected chi connectivity index (χ1v) is 8.83. The van der Waals surface area contributed by atoms with Crippen molar-refractivity contribution in [3.63, 3.8) is 0 Å². The third-order valence-electron chi connectivity index (χ3n) is 4.49. The van der Waals surface area contributed by atoms with E-state index >= 15 is 0 Å². The van der Waals surface area contributed by atoms with Gasteiger partial charge in [0, 0.05) is 54.0 Å². The molecule has 1 aromatic carbocycles. The molecule has 6 nitrogen and oxygen atoms in total. The number of benzene rings is 1. The largest absolute Gasteiger partial charge is 0.380 e. The quantitative estimate of drug-likeness (QED) is 0.693. The molecule has 26 heavy (non-hydrogen) atoms. The van der Waals surface area contributed by atoms with Gasteiger partial charge >= 0.3 is 0 Å². The Morgan fingerprint density at radius 2 is 2.04 bits per heavy atom. The fourth-order valence-corrected chi connectivity index (χ4v) is 3.37. The predicted octanol–water partition coefficient (Wildman–Crippen LogP) is 3.20. The van der Waals surface area contributed by atoms with E-state index in [2.05, 4.69) is 20.6 Å². The lowest BCUT2D eigenvalue weighted by molar-refractivity contribution is 0.101. The molecule has 1 fully saturated rings. The van der Waals surface area contributed by atoms with E-state index in [1.54, 1.807) is 36.8 Å². The number of anilines is 2. The number of carbonyl (C=O) groups excluding carboxylic acids is 1. The Morgan fingerprint density at radius 1 is 1.19 bits per heavy atom. The van der Waals surface area contributed by atoms with Gasteiger partial charge in [0.15, 0.2) is 0 Å². The Hall–Kier alpha value is -2.70. The van der Waals surface area contributed by atoms with Crippen LogP contribution in [0.5, 0.6) is 0 Å². The second-order valence-corrected chi connectivity index (χ2v) is 6.52. The van der Waals surface area contributed by atoms with E-state index in [1.165, 1.54) is 0 Å². The van der Waals surface area contributed by atoms with Gasteiger partial charge in [0.05, 0.1) is 16.8 Å². The molecular weight excluding hydrogens is 350 g/mol. The molecule has 1 saturated heterocycles. The van der Waals surface area contributed by atoms with E-state index < -0.39 is 0 Å². The number of hydrogen-bond acceptors (Lipinski definition) is 5. The topological polar surface area (TPSA) is 70.2 Å². The maximum Gasteiger partial charge on any atom is 0.275 e. The van der Waals surface area contributed by atoms with Crippen molar-refractivity contribution in [1.29, 1.82) is 0 Å². The fourth-order valence-electron chi connectivity index (χ4n) is 3.17. The van der Waals surface area contributed by atoms with Crippen molar-refractivity contribution in [2.24, 2.45) is 0 Å². The summed E-state index contributed by atoms with van der Waals surface area (Å²) in [6, 6.07) is 11.3. The zero-order chi connectivity index (χ0) is 17.9. The van der Waals surface area contributed by atoms with E-state index in [4.69, 9.17) is 11.8 Å². The molecular formula is C19H18ClN5O. The third-order valence-corrected chi connectivity index (χ3v) is 4.84. The number of aromatic nitrogens is 2. The lowest BCUT2D eigenvalue weighted by Gasteiger charge is -2.18. The summed E-state index contributed by atoms with van der Waals surface area (Å²) < 4.78 is 1.10. The molecule has 0 saturated carbocycles. The van der Waals surface area contributed by atoms with Crippen molar-refractivity contribution in [2.75, 3.05) is 22.8 Å². The molecule has 0 radical (unpaired) electrons. The van der Waals surface area contributed by atoms with Gasteiger partial charge in [0.1, 0.15) is 0 Å². The van der Waals surface area contributed by atoms with Gasteiger partial charge in [0.2, 0.25) is 0 Å². The Balaban J connectivity index is 1.71. The van der Waals surface area contributed by atoms with Crippen LogP contribution in [0.25, 0.3) is 10.9 Å². The average Bonchev–Trinajstić information content (AvgIpc) is 3.21. The maximum absolute atomic E-state index is 12.9. The normalized spacial score (nSPS) is 16.6. The molecule has 2 aromatic heterocycles. The molecule has 0 spiro atoms. The molecule has 1 aliphatic heterocycles. The number of nitrogens with zero attached hydrogens (tertiary/aromatic N) is 3. The summed E-state index contributed by atoms with van der Waals surface area (Å²) >= 11 is 6.27. The number of halogens is 1. The molecule has 132 valence electrons. The summed E-state index contributed by atoms with van der Waals surface area (Å²) in [6.45, 7) is 1.94. The lowest BCUT2D eigenvalue weighted by Crippen LogP contribution is -2.23. The van der Waals surface area contributed by atoms with Gasteiger partial charge in [0.25, 0.3) is 5.91 Å². The van der Waals surface area contributed by atoms with Crippen LogP contribution in [0, 0.1) is 0 Å². The SMILES string of the molecule is O=C(c1ccc(N[C@H]2CCNC2)c2cccnc12)N(Cl)c1ccncc1. The van der Waals surface area contributed by atoms with Crippen LogP contribution in [0.15, 0.2) is 55.0 Å². The van der Waals surface area contributed by atoms with Crippen LogP contribution in [0.2, 0.25) is 0 Å². The lowest BCUT2D eigenvalue weighted by atomic mass is 10.1. The minimum atomic E-state index is -0.323. The van der Waals surface area contributed by atoms with E-state index in [1.807, 2.05) is 18.2 Å². The van der Waals surface area contributed by atoms with Crippen molar-refractivity contribution in [3.05, 3.63) is 60.6 Å². The number of pyridine rings is 2. The molecule has 2 N–H and O–H groups in total. The highest BCUT2D eigenvalue weighted by Crippen LogP contribution is 2.28. The molecule has 7 heteroatoms. The van der Waals surface area contributed by atoms with Crippen molar-refractivity contribution >= 4 is 40.0 Å². The van der Waals surface area contributed by atoms with E-state index in [-0.39, 0.29) is 5.91 Å². The molecule has 0 bridgehead atoms. The first-order chi connectivity index (χ1) is 12.7. The number of fused-ring (bicyclic) bond motifs is 1. The second-order valence-electron chi connectivity index (χ2n) is 6.19. The van der Waals surface area contributed by atoms with Crippen molar-refractivity contribution in [2.45, 2.75) is 12.5 Å². The Morgan fingerprint density at radius 3 is 2.81 bits per heavy atom. The van der Waals surface area contributed by atoms with Crippen LogP contribution in [0.1, 0.15) is 16.8 Å². The van der Waals surface area contributed by atoms with Gasteiger partial charge in [-0.2, -0.15) is 0 Å². The first-order valence-electron chi connectivity index (χ1n) is 8.49. The molecule has 4 rings (SSSR count). The van der Waals surface area contributed by atoms with E-state index in [0.717, 1.165) is 35.0 Å². The molecule has 0 unspecified atom stereocenters. The molecule has 0 aliphatic carbocycles. The van der Waals surface area contributed by atoms with Gasteiger partial charge in [-0.05, 0) is 49.4 Å². The van der Waals surface area contributed by atoms with Crippen LogP contribution in [0.4, 0.5) is 11.4 Å². The van der Waals surface area contributed by atoms with Gasteiger partial charge in [-0.1, -0.05) is 0 Å². The minimum Gasteiger partial charge on any atom is -0.380 e. The highest BCUT2D eigenvalue weighted by molar-refractivity contribution is 6.40. The number of hydrogen-bond donors (Lipinski definition) is 2. The second kappa shape index (κ2) is 7.27. The van der Waals surface area contributed by atoms with Crippen molar-refractivity contribution in [3.8, 4) is 0 Å². The molecule has 3 aromatic rings. The van der Waals surface area contributed by atoms with Crippen molar-refractivity contribution in [1.82, 2.24) is 15.3 Å². The molecule has 1 atom stereocenters. The predicted molar refractivity (Wildman–Crippen MR) is 104 cm³/mol. The fraction of sp³-hybridized carbons (Fsp3) is 0.211. The average molecular weight is 368 g/mol. The summed E-state index contributed by atoms with van der Waals surface area (Å²) in [6.07, 6.45) is 5.94. The maximum atomic E-state index is 12.9. The Labute approximate surface area is 156 Å². The Bertz CT molecular complexity index is 928. The first kappa shape index (κ1) is 16.8. The zero-order valence-electron chi connectivity index (χ0n) is 14.0. The van der Waals surface area contributed by atoms with Gasteiger partial charge in [-0.3, -0.25) is 14.8 Å². The van der Waals surface area contributed by atoms with E-state index in [9.17, 15) is 4.79 Å². The van der Waals surface area contributed by atoms with Crippen LogP contribution < -0.4 is 15.1 Å².